The molecule has 0 spiro atoms. The molecule has 0 bridgehead atoms. The van der Waals surface area contributed by atoms with Crippen LogP contribution in [0.3, 0.4) is 0 Å². The zero-order valence-corrected chi connectivity index (χ0v) is 17.9. The Kier molecular flexibility index (Phi) is 7.61. The van der Waals surface area contributed by atoms with Crippen molar-refractivity contribution in [2.75, 3.05) is 48.8 Å². The number of anilines is 3. The quantitative estimate of drug-likeness (QED) is 0.635. The molecule has 0 saturated carbocycles. The number of nitrogens with zero attached hydrogens (tertiary/aromatic N) is 1. The number of ether oxygens (including phenoxy) is 1. The van der Waals surface area contributed by atoms with Crippen molar-refractivity contribution in [3.63, 3.8) is 0 Å². The Bertz CT molecular complexity index is 954. The van der Waals surface area contributed by atoms with Gasteiger partial charge in [0.15, 0.2) is 0 Å². The highest BCUT2D eigenvalue weighted by molar-refractivity contribution is 5.98. The number of carbonyl (C=O) groups excluding carboxylic acids is 3. The average Bonchev–Trinajstić information content (AvgIpc) is 2.80. The van der Waals surface area contributed by atoms with Crippen molar-refractivity contribution in [3.8, 4) is 0 Å². The van der Waals surface area contributed by atoms with Crippen molar-refractivity contribution in [2.24, 2.45) is 0 Å². The maximum absolute atomic E-state index is 12.6. The maximum atomic E-state index is 12.6. The van der Waals surface area contributed by atoms with Crippen LogP contribution in [0.5, 0.6) is 0 Å². The molecule has 0 aromatic heterocycles. The molecule has 2 aromatic rings. The summed E-state index contributed by atoms with van der Waals surface area (Å²) in [6, 6.07) is 12.5. The van der Waals surface area contributed by atoms with E-state index in [1.807, 2.05) is 13.0 Å². The van der Waals surface area contributed by atoms with Crippen LogP contribution in [0.15, 0.2) is 42.5 Å². The topological polar surface area (TPSA) is 99.8 Å². The van der Waals surface area contributed by atoms with Gasteiger partial charge < -0.3 is 25.6 Å². The summed E-state index contributed by atoms with van der Waals surface area (Å²) in [6.45, 7) is 5.92. The van der Waals surface area contributed by atoms with Gasteiger partial charge in [0.2, 0.25) is 11.8 Å². The fourth-order valence-electron chi connectivity index (χ4n) is 3.23. The first-order valence-electron chi connectivity index (χ1n) is 10.4. The second kappa shape index (κ2) is 10.6. The highest BCUT2D eigenvalue weighted by Crippen LogP contribution is 2.23. The standard InChI is InChI=1S/C23H28N4O4/c1-3-21(28)25-19-8-5-9-20(16(19)2)26-22(29)15-24-18-7-4-6-17(14-18)23(30)27-10-12-31-13-11-27/h4-9,14,24H,3,10-13,15H2,1-2H3,(H,25,28)(H,26,29). The molecule has 2 aromatic carbocycles. The molecule has 1 saturated heterocycles. The highest BCUT2D eigenvalue weighted by Gasteiger charge is 2.18. The van der Waals surface area contributed by atoms with Crippen LogP contribution in [0.25, 0.3) is 0 Å². The van der Waals surface area contributed by atoms with Crippen molar-refractivity contribution in [1.29, 1.82) is 0 Å². The number of benzene rings is 2. The van der Waals surface area contributed by atoms with Crippen molar-refractivity contribution in [1.82, 2.24) is 4.90 Å². The zero-order chi connectivity index (χ0) is 22.2. The molecule has 0 atom stereocenters. The minimum Gasteiger partial charge on any atom is -0.378 e. The van der Waals surface area contributed by atoms with Gasteiger partial charge in [-0.3, -0.25) is 14.4 Å². The van der Waals surface area contributed by atoms with Gasteiger partial charge in [0, 0.05) is 42.1 Å². The molecule has 0 unspecified atom stereocenters. The number of nitrogens with one attached hydrogen (secondary N) is 3. The second-order valence-corrected chi connectivity index (χ2v) is 7.27. The van der Waals surface area contributed by atoms with Gasteiger partial charge in [-0.05, 0) is 42.8 Å². The van der Waals surface area contributed by atoms with Gasteiger partial charge in [-0.1, -0.05) is 19.1 Å². The largest absolute Gasteiger partial charge is 0.378 e. The third kappa shape index (κ3) is 6.05. The van der Waals surface area contributed by atoms with Crippen LogP contribution in [0, 0.1) is 6.92 Å². The molecule has 8 heteroatoms. The van der Waals surface area contributed by atoms with E-state index < -0.39 is 0 Å². The highest BCUT2D eigenvalue weighted by atomic mass is 16.5. The van der Waals surface area contributed by atoms with Crippen LogP contribution < -0.4 is 16.0 Å². The molecule has 0 aliphatic carbocycles. The summed E-state index contributed by atoms with van der Waals surface area (Å²) in [4.78, 5) is 38.5. The lowest BCUT2D eigenvalue weighted by atomic mass is 10.1. The van der Waals surface area contributed by atoms with Crippen molar-refractivity contribution in [2.45, 2.75) is 20.3 Å². The molecule has 31 heavy (non-hydrogen) atoms. The maximum Gasteiger partial charge on any atom is 0.254 e. The molecule has 1 aliphatic heterocycles. The van der Waals surface area contributed by atoms with Crippen molar-refractivity contribution in [3.05, 3.63) is 53.6 Å². The number of morpholine rings is 1. The van der Waals surface area contributed by atoms with Gasteiger partial charge in [0.1, 0.15) is 0 Å². The average molecular weight is 425 g/mol. The van der Waals surface area contributed by atoms with Gasteiger partial charge >= 0.3 is 0 Å². The minimum atomic E-state index is -0.230. The van der Waals surface area contributed by atoms with Gasteiger partial charge in [0.25, 0.3) is 5.91 Å². The Hall–Kier alpha value is -3.39. The molecule has 3 N–H and O–H groups in total. The smallest absolute Gasteiger partial charge is 0.254 e. The number of amides is 3. The van der Waals surface area contributed by atoms with E-state index in [4.69, 9.17) is 4.74 Å². The number of carbonyl (C=O) groups is 3. The Morgan fingerprint density at radius 3 is 2.29 bits per heavy atom. The van der Waals surface area contributed by atoms with Gasteiger partial charge in [0.05, 0.1) is 19.8 Å². The molecule has 164 valence electrons. The van der Waals surface area contributed by atoms with Crippen LogP contribution in [0.2, 0.25) is 0 Å². The summed E-state index contributed by atoms with van der Waals surface area (Å²) in [5.41, 5.74) is 3.36. The lowest BCUT2D eigenvalue weighted by Gasteiger charge is -2.27. The Labute approximate surface area is 182 Å². The third-order valence-electron chi connectivity index (χ3n) is 5.06. The molecular weight excluding hydrogens is 396 g/mol. The summed E-state index contributed by atoms with van der Waals surface area (Å²) >= 11 is 0. The number of hydrogen-bond donors (Lipinski definition) is 3. The third-order valence-corrected chi connectivity index (χ3v) is 5.06. The van der Waals surface area contributed by atoms with Crippen LogP contribution in [0.1, 0.15) is 29.3 Å². The van der Waals surface area contributed by atoms with Crippen molar-refractivity contribution < 1.29 is 19.1 Å². The summed E-state index contributed by atoms with van der Waals surface area (Å²) < 4.78 is 5.29. The normalized spacial score (nSPS) is 13.4. The molecule has 1 heterocycles. The van der Waals surface area contributed by atoms with Crippen LogP contribution in [-0.2, 0) is 14.3 Å². The molecule has 3 amide bonds. The monoisotopic (exact) mass is 424 g/mol. The first-order valence-corrected chi connectivity index (χ1v) is 10.4. The summed E-state index contributed by atoms with van der Waals surface area (Å²) in [5, 5.41) is 8.75. The summed E-state index contributed by atoms with van der Waals surface area (Å²) in [6.07, 6.45) is 0.382. The molecule has 8 nitrogen and oxygen atoms in total. The lowest BCUT2D eigenvalue weighted by Crippen LogP contribution is -2.40. The molecule has 0 radical (unpaired) electrons. The predicted octanol–water partition coefficient (Wildman–Crippen LogP) is 2.87. The molecule has 3 rings (SSSR count). The van der Waals surface area contributed by atoms with E-state index in [0.29, 0.717) is 55.3 Å². The Morgan fingerprint density at radius 2 is 1.61 bits per heavy atom. The Morgan fingerprint density at radius 1 is 0.968 bits per heavy atom. The predicted molar refractivity (Wildman–Crippen MR) is 120 cm³/mol. The van der Waals surface area contributed by atoms with Gasteiger partial charge in [-0.25, -0.2) is 0 Å². The minimum absolute atomic E-state index is 0.0419. The van der Waals surface area contributed by atoms with Crippen LogP contribution in [0.4, 0.5) is 17.1 Å². The van der Waals surface area contributed by atoms with E-state index in [9.17, 15) is 14.4 Å². The van der Waals surface area contributed by atoms with E-state index in [1.54, 1.807) is 48.2 Å². The van der Waals surface area contributed by atoms with Crippen LogP contribution in [-0.4, -0.2) is 55.5 Å². The van der Waals surface area contributed by atoms with Gasteiger partial charge in [-0.15, -0.1) is 0 Å². The molecular formula is C23H28N4O4. The van der Waals surface area contributed by atoms with Crippen LogP contribution >= 0.6 is 0 Å². The first-order chi connectivity index (χ1) is 15.0. The van der Waals surface area contributed by atoms with Crippen molar-refractivity contribution >= 4 is 34.8 Å². The fraction of sp³-hybridized carbons (Fsp3) is 0.348. The number of rotatable bonds is 7. The molecule has 1 aliphatic rings. The SMILES string of the molecule is CCC(=O)Nc1cccc(NC(=O)CNc2cccc(C(=O)N3CCOCC3)c2)c1C. The first kappa shape index (κ1) is 22.3. The summed E-state index contributed by atoms with van der Waals surface area (Å²) in [7, 11) is 0. The number of hydrogen-bond acceptors (Lipinski definition) is 5. The fourth-order valence-corrected chi connectivity index (χ4v) is 3.23. The Balaban J connectivity index is 1.58. The van der Waals surface area contributed by atoms with E-state index >= 15 is 0 Å². The van der Waals surface area contributed by atoms with E-state index in [-0.39, 0.29) is 24.3 Å². The van der Waals surface area contributed by atoms with E-state index in [1.165, 1.54) is 0 Å². The molecule has 1 fully saturated rings. The lowest BCUT2D eigenvalue weighted by molar-refractivity contribution is -0.116. The second-order valence-electron chi connectivity index (χ2n) is 7.27. The zero-order valence-electron chi connectivity index (χ0n) is 17.9. The van der Waals surface area contributed by atoms with E-state index in [0.717, 1.165) is 5.56 Å². The van der Waals surface area contributed by atoms with E-state index in [2.05, 4.69) is 16.0 Å². The van der Waals surface area contributed by atoms with Gasteiger partial charge in [-0.2, -0.15) is 0 Å². The summed E-state index contributed by atoms with van der Waals surface area (Å²) in [5.74, 6) is -0.357.